The average molecular weight is 299 g/mol. The van der Waals surface area contributed by atoms with E-state index in [4.69, 9.17) is 0 Å². The lowest BCUT2D eigenvalue weighted by molar-refractivity contribution is -0.384. The van der Waals surface area contributed by atoms with Crippen molar-refractivity contribution in [2.45, 2.75) is 25.4 Å². The number of nitrogens with one attached hydrogen (secondary N) is 1. The van der Waals surface area contributed by atoms with Crippen molar-refractivity contribution in [3.8, 4) is 11.3 Å². The lowest BCUT2D eigenvalue weighted by Gasteiger charge is -2.11. The molecule has 1 heterocycles. The van der Waals surface area contributed by atoms with Crippen molar-refractivity contribution in [2.24, 2.45) is 7.05 Å². The van der Waals surface area contributed by atoms with Crippen molar-refractivity contribution in [1.29, 1.82) is 0 Å². The Morgan fingerprint density at radius 3 is 2.77 bits per heavy atom. The molecule has 1 saturated carbocycles. The van der Waals surface area contributed by atoms with E-state index in [1.54, 1.807) is 29.8 Å². The maximum atomic E-state index is 12.4. The Morgan fingerprint density at radius 1 is 1.32 bits per heavy atom. The van der Waals surface area contributed by atoms with Crippen molar-refractivity contribution < 1.29 is 4.92 Å². The molecule has 0 radical (unpaired) electrons. The highest BCUT2D eigenvalue weighted by molar-refractivity contribution is 5.63. The van der Waals surface area contributed by atoms with Gasteiger partial charge >= 0.3 is 0 Å². The zero-order valence-electron chi connectivity index (χ0n) is 12.3. The van der Waals surface area contributed by atoms with Crippen LogP contribution in [0.4, 0.5) is 5.69 Å². The first-order valence-electron chi connectivity index (χ1n) is 7.23. The van der Waals surface area contributed by atoms with E-state index in [-0.39, 0.29) is 11.2 Å². The molecular weight excluding hydrogens is 282 g/mol. The lowest BCUT2D eigenvalue weighted by atomic mass is 10.1. The van der Waals surface area contributed by atoms with Crippen LogP contribution in [0, 0.1) is 10.1 Å². The molecule has 6 nitrogen and oxygen atoms in total. The molecule has 2 aromatic rings. The topological polar surface area (TPSA) is 77.2 Å². The molecule has 1 aliphatic carbocycles. The van der Waals surface area contributed by atoms with Crippen molar-refractivity contribution in [1.82, 2.24) is 9.88 Å². The molecule has 1 aromatic carbocycles. The van der Waals surface area contributed by atoms with Gasteiger partial charge in [-0.15, -0.1) is 0 Å². The van der Waals surface area contributed by atoms with Gasteiger partial charge < -0.3 is 9.88 Å². The number of non-ortho nitro benzene ring substituents is 1. The van der Waals surface area contributed by atoms with Gasteiger partial charge in [0.15, 0.2) is 0 Å². The van der Waals surface area contributed by atoms with Crippen LogP contribution in [0.25, 0.3) is 11.3 Å². The van der Waals surface area contributed by atoms with Crippen LogP contribution in [0.3, 0.4) is 0 Å². The third-order valence-electron chi connectivity index (χ3n) is 3.89. The summed E-state index contributed by atoms with van der Waals surface area (Å²) in [6, 6.07) is 10.5. The standard InChI is InChI=1S/C16H17N3O3/c1-18-15(11-3-2-4-14(9-11)19(21)22)8-5-12(16(18)20)10-17-13-6-7-13/h2-5,8-9,13,17H,6-7,10H2,1H3. The quantitative estimate of drug-likeness (QED) is 0.678. The highest BCUT2D eigenvalue weighted by atomic mass is 16.6. The van der Waals surface area contributed by atoms with E-state index in [0.29, 0.717) is 29.4 Å². The Labute approximate surface area is 127 Å². The Morgan fingerprint density at radius 2 is 2.09 bits per heavy atom. The molecule has 0 bridgehead atoms. The summed E-state index contributed by atoms with van der Waals surface area (Å²) in [5.74, 6) is 0. The van der Waals surface area contributed by atoms with Gasteiger partial charge in [0, 0.05) is 42.9 Å². The third-order valence-corrected chi connectivity index (χ3v) is 3.89. The van der Waals surface area contributed by atoms with Crippen LogP contribution in [0.1, 0.15) is 18.4 Å². The number of aromatic nitrogens is 1. The molecule has 0 amide bonds. The Bertz CT molecular complexity index is 778. The zero-order chi connectivity index (χ0) is 15.7. The summed E-state index contributed by atoms with van der Waals surface area (Å²) < 4.78 is 1.54. The summed E-state index contributed by atoms with van der Waals surface area (Å²) in [4.78, 5) is 22.8. The normalized spacial score (nSPS) is 14.0. The minimum Gasteiger partial charge on any atom is -0.311 e. The van der Waals surface area contributed by atoms with Gasteiger partial charge in [-0.05, 0) is 18.9 Å². The van der Waals surface area contributed by atoms with Crippen LogP contribution in [0.2, 0.25) is 0 Å². The Kier molecular flexibility index (Phi) is 3.77. The monoisotopic (exact) mass is 299 g/mol. The average Bonchev–Trinajstić information content (AvgIpc) is 3.33. The fourth-order valence-electron chi connectivity index (χ4n) is 2.43. The number of rotatable bonds is 5. The van der Waals surface area contributed by atoms with Gasteiger partial charge in [0.05, 0.1) is 10.6 Å². The Hall–Kier alpha value is -2.47. The number of nitrogens with zero attached hydrogens (tertiary/aromatic N) is 2. The van der Waals surface area contributed by atoms with Gasteiger partial charge in [0.2, 0.25) is 0 Å². The van der Waals surface area contributed by atoms with E-state index in [1.807, 2.05) is 6.07 Å². The largest absolute Gasteiger partial charge is 0.311 e. The van der Waals surface area contributed by atoms with E-state index in [9.17, 15) is 14.9 Å². The fraction of sp³-hybridized carbons (Fsp3) is 0.312. The summed E-state index contributed by atoms with van der Waals surface area (Å²) in [6.07, 6.45) is 2.35. The molecule has 0 spiro atoms. The van der Waals surface area contributed by atoms with E-state index in [1.165, 1.54) is 25.0 Å². The minimum absolute atomic E-state index is 0.0180. The number of hydrogen-bond donors (Lipinski definition) is 1. The first kappa shape index (κ1) is 14.5. The first-order valence-corrected chi connectivity index (χ1v) is 7.23. The third kappa shape index (κ3) is 2.92. The lowest BCUT2D eigenvalue weighted by Crippen LogP contribution is -2.27. The summed E-state index contributed by atoms with van der Waals surface area (Å²) in [5.41, 5.74) is 1.99. The summed E-state index contributed by atoms with van der Waals surface area (Å²) in [6.45, 7) is 0.562. The van der Waals surface area contributed by atoms with Gasteiger partial charge in [-0.1, -0.05) is 18.2 Å². The smallest absolute Gasteiger partial charge is 0.270 e. The molecule has 1 fully saturated rings. The molecule has 0 unspecified atom stereocenters. The molecule has 1 aliphatic rings. The number of pyridine rings is 1. The number of nitro groups is 1. The molecule has 0 aliphatic heterocycles. The summed E-state index contributed by atoms with van der Waals surface area (Å²) in [7, 11) is 1.69. The molecule has 3 rings (SSSR count). The molecule has 0 saturated heterocycles. The van der Waals surface area contributed by atoms with Crippen LogP contribution in [-0.2, 0) is 13.6 Å². The summed E-state index contributed by atoms with van der Waals surface area (Å²) >= 11 is 0. The van der Waals surface area contributed by atoms with Gasteiger partial charge in [-0.2, -0.15) is 0 Å². The predicted molar refractivity (Wildman–Crippen MR) is 83.6 cm³/mol. The molecule has 6 heteroatoms. The molecule has 114 valence electrons. The van der Waals surface area contributed by atoms with Crippen LogP contribution >= 0.6 is 0 Å². The second-order valence-electron chi connectivity index (χ2n) is 5.57. The highest BCUT2D eigenvalue weighted by Crippen LogP contribution is 2.23. The number of nitro benzene ring substituents is 1. The number of benzene rings is 1. The number of hydrogen-bond acceptors (Lipinski definition) is 4. The van der Waals surface area contributed by atoms with Crippen molar-refractivity contribution in [2.75, 3.05) is 0 Å². The van der Waals surface area contributed by atoms with E-state index < -0.39 is 4.92 Å². The van der Waals surface area contributed by atoms with Gasteiger partial charge in [0.25, 0.3) is 11.2 Å². The van der Waals surface area contributed by atoms with Gasteiger partial charge in [-0.25, -0.2) is 0 Å². The maximum Gasteiger partial charge on any atom is 0.270 e. The minimum atomic E-state index is -0.435. The molecule has 0 atom stereocenters. The molecule has 22 heavy (non-hydrogen) atoms. The van der Waals surface area contributed by atoms with Crippen molar-refractivity contribution in [3.63, 3.8) is 0 Å². The van der Waals surface area contributed by atoms with E-state index in [0.717, 1.165) is 0 Å². The van der Waals surface area contributed by atoms with Crippen LogP contribution in [0.15, 0.2) is 41.2 Å². The van der Waals surface area contributed by atoms with E-state index >= 15 is 0 Å². The van der Waals surface area contributed by atoms with Crippen LogP contribution < -0.4 is 10.9 Å². The first-order chi connectivity index (χ1) is 10.6. The summed E-state index contributed by atoms with van der Waals surface area (Å²) in [5, 5.41) is 14.2. The van der Waals surface area contributed by atoms with Gasteiger partial charge in [-0.3, -0.25) is 14.9 Å². The van der Waals surface area contributed by atoms with Crippen molar-refractivity contribution in [3.05, 3.63) is 62.4 Å². The predicted octanol–water partition coefficient (Wildman–Crippen LogP) is 2.21. The fourth-order valence-corrected chi connectivity index (χ4v) is 2.43. The second-order valence-corrected chi connectivity index (χ2v) is 5.57. The van der Waals surface area contributed by atoms with Crippen LogP contribution in [0.5, 0.6) is 0 Å². The van der Waals surface area contributed by atoms with E-state index in [2.05, 4.69) is 5.32 Å². The molecular formula is C16H17N3O3. The second kappa shape index (κ2) is 5.73. The molecule has 1 N–H and O–H groups in total. The Balaban J connectivity index is 1.94. The zero-order valence-corrected chi connectivity index (χ0v) is 12.3. The molecule has 1 aromatic heterocycles. The maximum absolute atomic E-state index is 12.4. The van der Waals surface area contributed by atoms with Crippen LogP contribution in [-0.4, -0.2) is 15.5 Å². The SMILES string of the molecule is Cn1c(-c2cccc([N+](=O)[O-])c2)ccc(CNC2CC2)c1=O. The van der Waals surface area contributed by atoms with Crippen molar-refractivity contribution >= 4 is 5.69 Å². The van der Waals surface area contributed by atoms with Gasteiger partial charge in [0.1, 0.15) is 0 Å². The highest BCUT2D eigenvalue weighted by Gasteiger charge is 2.20.